The molecule has 1 amide bonds. The lowest BCUT2D eigenvalue weighted by Crippen LogP contribution is -2.27. The molecule has 0 saturated carbocycles. The van der Waals surface area contributed by atoms with Gasteiger partial charge in [-0.2, -0.15) is 0 Å². The smallest absolute Gasteiger partial charge is 0.412 e. The second-order valence-corrected chi connectivity index (χ2v) is 6.03. The van der Waals surface area contributed by atoms with E-state index < -0.39 is 17.5 Å². The van der Waals surface area contributed by atoms with Gasteiger partial charge in [0.15, 0.2) is 0 Å². The van der Waals surface area contributed by atoms with Gasteiger partial charge in [-0.15, -0.1) is 0 Å². The number of carbonyl (C=O) groups excluding carboxylic acids is 1. The fourth-order valence-corrected chi connectivity index (χ4v) is 1.86. The molecular weight excluding hydrogens is 297 g/mol. The molecule has 0 aliphatic heterocycles. The number of amides is 1. The van der Waals surface area contributed by atoms with Crippen LogP contribution in [0.5, 0.6) is 0 Å². The molecule has 23 heavy (non-hydrogen) atoms. The summed E-state index contributed by atoms with van der Waals surface area (Å²) in [6.07, 6.45) is 2.77. The number of hydrogen-bond donors (Lipinski definition) is 2. The topological polar surface area (TPSA) is 63.2 Å². The van der Waals surface area contributed by atoms with Crippen molar-refractivity contribution < 1.29 is 13.9 Å². The summed E-state index contributed by atoms with van der Waals surface area (Å²) < 4.78 is 19.0. The molecular formula is C17H20FN3O2. The van der Waals surface area contributed by atoms with Gasteiger partial charge in [-0.05, 0) is 56.7 Å². The van der Waals surface area contributed by atoms with Gasteiger partial charge in [0.25, 0.3) is 0 Å². The number of benzene rings is 1. The Bertz CT molecular complexity index is 669. The van der Waals surface area contributed by atoms with E-state index in [1.807, 2.05) is 12.1 Å². The SMILES string of the molecule is CC(C)(C)OC(=O)Nc1ccc(F)c(NCc2ccncc2)c1. The van der Waals surface area contributed by atoms with E-state index in [0.29, 0.717) is 17.9 Å². The van der Waals surface area contributed by atoms with Crippen LogP contribution in [0.15, 0.2) is 42.7 Å². The van der Waals surface area contributed by atoms with Crippen LogP contribution in [0.4, 0.5) is 20.6 Å². The van der Waals surface area contributed by atoms with Crippen molar-refractivity contribution in [3.8, 4) is 0 Å². The number of pyridine rings is 1. The molecule has 0 aliphatic carbocycles. The predicted octanol–water partition coefficient (Wildman–Crippen LogP) is 4.18. The van der Waals surface area contributed by atoms with E-state index in [2.05, 4.69) is 15.6 Å². The van der Waals surface area contributed by atoms with Crippen LogP contribution < -0.4 is 10.6 Å². The Morgan fingerprint density at radius 3 is 2.57 bits per heavy atom. The molecule has 0 saturated heterocycles. The number of rotatable bonds is 4. The minimum Gasteiger partial charge on any atom is -0.444 e. The van der Waals surface area contributed by atoms with Crippen molar-refractivity contribution in [2.75, 3.05) is 10.6 Å². The molecule has 1 aromatic carbocycles. The molecule has 122 valence electrons. The van der Waals surface area contributed by atoms with Crippen LogP contribution in [-0.2, 0) is 11.3 Å². The molecule has 0 aliphatic rings. The van der Waals surface area contributed by atoms with Crippen LogP contribution in [0.3, 0.4) is 0 Å². The van der Waals surface area contributed by atoms with E-state index in [0.717, 1.165) is 5.56 Å². The number of halogens is 1. The molecule has 2 N–H and O–H groups in total. The molecule has 2 rings (SSSR count). The molecule has 1 heterocycles. The summed E-state index contributed by atoms with van der Waals surface area (Å²) in [4.78, 5) is 15.7. The van der Waals surface area contributed by atoms with Crippen LogP contribution in [0, 0.1) is 5.82 Å². The van der Waals surface area contributed by atoms with Crippen molar-refractivity contribution in [3.63, 3.8) is 0 Å². The number of nitrogens with zero attached hydrogens (tertiary/aromatic N) is 1. The monoisotopic (exact) mass is 317 g/mol. The molecule has 1 aromatic heterocycles. The van der Waals surface area contributed by atoms with Crippen LogP contribution >= 0.6 is 0 Å². The first kappa shape index (κ1) is 16.7. The van der Waals surface area contributed by atoms with Gasteiger partial charge >= 0.3 is 6.09 Å². The van der Waals surface area contributed by atoms with Gasteiger partial charge in [0.05, 0.1) is 5.69 Å². The van der Waals surface area contributed by atoms with Crippen LogP contribution in [-0.4, -0.2) is 16.7 Å². The van der Waals surface area contributed by atoms with Gasteiger partial charge in [0.2, 0.25) is 0 Å². The lowest BCUT2D eigenvalue weighted by atomic mass is 10.2. The van der Waals surface area contributed by atoms with E-state index in [9.17, 15) is 9.18 Å². The minimum atomic E-state index is -0.591. The molecule has 0 atom stereocenters. The van der Waals surface area contributed by atoms with Crippen molar-refractivity contribution in [2.24, 2.45) is 0 Å². The fourth-order valence-electron chi connectivity index (χ4n) is 1.86. The Kier molecular flexibility index (Phi) is 5.16. The first-order chi connectivity index (χ1) is 10.8. The summed E-state index contributed by atoms with van der Waals surface area (Å²) in [5.74, 6) is -0.395. The average molecular weight is 317 g/mol. The van der Waals surface area contributed by atoms with Gasteiger partial charge in [-0.1, -0.05) is 0 Å². The zero-order chi connectivity index (χ0) is 16.9. The number of hydrogen-bond acceptors (Lipinski definition) is 4. The maximum absolute atomic E-state index is 13.9. The predicted molar refractivity (Wildman–Crippen MR) is 87.8 cm³/mol. The molecule has 0 unspecified atom stereocenters. The Morgan fingerprint density at radius 2 is 1.91 bits per heavy atom. The normalized spacial score (nSPS) is 11.0. The lowest BCUT2D eigenvalue weighted by Gasteiger charge is -2.20. The first-order valence-corrected chi connectivity index (χ1v) is 7.26. The minimum absolute atomic E-state index is 0.301. The highest BCUT2D eigenvalue weighted by atomic mass is 19.1. The number of ether oxygens (including phenoxy) is 1. The third kappa shape index (κ3) is 5.58. The Hall–Kier alpha value is -2.63. The molecule has 2 aromatic rings. The molecule has 6 heteroatoms. The standard InChI is InChI=1S/C17H20FN3O2/c1-17(2,3)23-16(22)21-13-4-5-14(18)15(10-13)20-11-12-6-8-19-9-7-12/h4-10,20H,11H2,1-3H3,(H,21,22). The maximum atomic E-state index is 13.9. The average Bonchev–Trinajstić information content (AvgIpc) is 2.47. The second kappa shape index (κ2) is 7.09. The Balaban J connectivity index is 2.02. The third-order valence-corrected chi connectivity index (χ3v) is 2.84. The number of carbonyl (C=O) groups is 1. The molecule has 0 spiro atoms. The molecule has 0 fully saturated rings. The van der Waals surface area contributed by atoms with Crippen LogP contribution in [0.2, 0.25) is 0 Å². The summed E-state index contributed by atoms with van der Waals surface area (Å²) in [6, 6.07) is 7.99. The summed E-state index contributed by atoms with van der Waals surface area (Å²) in [7, 11) is 0. The summed E-state index contributed by atoms with van der Waals surface area (Å²) in [5.41, 5.74) is 1.14. The Morgan fingerprint density at radius 1 is 1.22 bits per heavy atom. The summed E-state index contributed by atoms with van der Waals surface area (Å²) in [5, 5.41) is 5.58. The van der Waals surface area contributed by atoms with Gasteiger partial charge in [-0.3, -0.25) is 10.3 Å². The highest BCUT2D eigenvalue weighted by Crippen LogP contribution is 2.21. The quantitative estimate of drug-likeness (QED) is 0.888. The summed E-state index contributed by atoms with van der Waals surface area (Å²) >= 11 is 0. The molecule has 0 radical (unpaired) electrons. The van der Waals surface area contributed by atoms with Crippen LogP contribution in [0.25, 0.3) is 0 Å². The second-order valence-electron chi connectivity index (χ2n) is 6.03. The van der Waals surface area contributed by atoms with E-state index in [1.165, 1.54) is 18.2 Å². The van der Waals surface area contributed by atoms with Gasteiger partial charge < -0.3 is 10.1 Å². The zero-order valence-corrected chi connectivity index (χ0v) is 13.4. The molecule has 0 bridgehead atoms. The van der Waals surface area contributed by atoms with E-state index >= 15 is 0 Å². The van der Waals surface area contributed by atoms with E-state index in [-0.39, 0.29) is 0 Å². The van der Waals surface area contributed by atoms with Crippen molar-refractivity contribution >= 4 is 17.5 Å². The van der Waals surface area contributed by atoms with Gasteiger partial charge in [0, 0.05) is 24.6 Å². The zero-order valence-electron chi connectivity index (χ0n) is 13.4. The maximum Gasteiger partial charge on any atom is 0.412 e. The number of nitrogens with one attached hydrogen (secondary N) is 2. The fraction of sp³-hybridized carbons (Fsp3) is 0.294. The van der Waals surface area contributed by atoms with Crippen molar-refractivity contribution in [3.05, 3.63) is 54.1 Å². The van der Waals surface area contributed by atoms with E-state index in [4.69, 9.17) is 4.74 Å². The first-order valence-electron chi connectivity index (χ1n) is 7.26. The highest BCUT2D eigenvalue weighted by molar-refractivity contribution is 5.85. The largest absolute Gasteiger partial charge is 0.444 e. The molecule has 5 nitrogen and oxygen atoms in total. The summed E-state index contributed by atoms with van der Waals surface area (Å²) in [6.45, 7) is 5.78. The third-order valence-electron chi connectivity index (χ3n) is 2.84. The van der Waals surface area contributed by atoms with E-state index in [1.54, 1.807) is 33.2 Å². The lowest BCUT2D eigenvalue weighted by molar-refractivity contribution is 0.0636. The number of aromatic nitrogens is 1. The Labute approximate surface area is 134 Å². The van der Waals surface area contributed by atoms with Gasteiger partial charge in [0.1, 0.15) is 11.4 Å². The van der Waals surface area contributed by atoms with Gasteiger partial charge in [-0.25, -0.2) is 9.18 Å². The van der Waals surface area contributed by atoms with Crippen LogP contribution in [0.1, 0.15) is 26.3 Å². The van der Waals surface area contributed by atoms with Crippen molar-refractivity contribution in [2.45, 2.75) is 32.9 Å². The highest BCUT2D eigenvalue weighted by Gasteiger charge is 2.16. The van der Waals surface area contributed by atoms with Crippen molar-refractivity contribution in [1.82, 2.24) is 4.98 Å². The van der Waals surface area contributed by atoms with Crippen molar-refractivity contribution in [1.29, 1.82) is 0 Å². The number of anilines is 2.